The molecule has 102 valence electrons. The summed E-state index contributed by atoms with van der Waals surface area (Å²) in [4.78, 5) is 0. The molecule has 0 aromatic carbocycles. The molecule has 5 nitrogen and oxygen atoms in total. The highest BCUT2D eigenvalue weighted by Crippen LogP contribution is 2.20. The molecule has 1 aromatic heterocycles. The molecule has 7 heteroatoms. The predicted molar refractivity (Wildman–Crippen MR) is 72.0 cm³/mol. The number of ether oxygens (including phenoxy) is 1. The lowest BCUT2D eigenvalue weighted by Gasteiger charge is -2.22. The lowest BCUT2D eigenvalue weighted by molar-refractivity contribution is 0.0305. The highest BCUT2D eigenvalue weighted by molar-refractivity contribution is 9.10. The van der Waals surface area contributed by atoms with Crippen molar-refractivity contribution in [3.63, 3.8) is 0 Å². The van der Waals surface area contributed by atoms with Gasteiger partial charge in [0, 0.05) is 25.4 Å². The van der Waals surface area contributed by atoms with E-state index in [9.17, 15) is 8.42 Å². The molecule has 0 N–H and O–H groups in total. The molecule has 1 aromatic rings. The summed E-state index contributed by atoms with van der Waals surface area (Å²) in [6.45, 7) is 0.677. The molecule has 2 heterocycles. The van der Waals surface area contributed by atoms with E-state index in [1.165, 1.54) is 0 Å². The number of nitrogens with zero attached hydrogens (tertiary/aromatic N) is 2. The molecular weight excluding hydrogens is 320 g/mol. The molecule has 1 aliphatic heterocycles. The van der Waals surface area contributed by atoms with Crippen LogP contribution in [0.2, 0.25) is 0 Å². The molecule has 1 aliphatic rings. The molecule has 0 saturated carbocycles. The fraction of sp³-hybridized carbons (Fsp3) is 0.727. The highest BCUT2D eigenvalue weighted by Gasteiger charge is 2.23. The molecular formula is C11H17BrN2O3S. The zero-order valence-electron chi connectivity index (χ0n) is 10.3. The van der Waals surface area contributed by atoms with Crippen molar-refractivity contribution < 1.29 is 13.2 Å². The van der Waals surface area contributed by atoms with Gasteiger partial charge < -0.3 is 4.74 Å². The SMILES string of the molecule is Cn1cc(CS(=O)(=O)CC2CCCCO2)c(Br)n1. The van der Waals surface area contributed by atoms with Gasteiger partial charge >= 0.3 is 0 Å². The molecule has 18 heavy (non-hydrogen) atoms. The van der Waals surface area contributed by atoms with Crippen molar-refractivity contribution in [2.75, 3.05) is 12.4 Å². The summed E-state index contributed by atoms with van der Waals surface area (Å²) in [6, 6.07) is 0. The Morgan fingerprint density at radius 3 is 2.89 bits per heavy atom. The molecule has 0 radical (unpaired) electrons. The fourth-order valence-electron chi connectivity index (χ4n) is 2.13. The minimum Gasteiger partial charge on any atom is -0.377 e. The van der Waals surface area contributed by atoms with Crippen LogP contribution in [0.5, 0.6) is 0 Å². The molecule has 0 amide bonds. The van der Waals surface area contributed by atoms with Crippen LogP contribution in [-0.2, 0) is 27.4 Å². The maximum absolute atomic E-state index is 12.1. The normalized spacial score (nSPS) is 21.1. The molecule has 1 saturated heterocycles. The van der Waals surface area contributed by atoms with Crippen LogP contribution in [0.15, 0.2) is 10.8 Å². The first-order valence-corrected chi connectivity index (χ1v) is 8.58. The fourth-order valence-corrected chi connectivity index (χ4v) is 4.44. The maximum atomic E-state index is 12.1. The first kappa shape index (κ1) is 14.0. The van der Waals surface area contributed by atoms with Crippen LogP contribution in [0.3, 0.4) is 0 Å². The van der Waals surface area contributed by atoms with Crippen molar-refractivity contribution in [3.05, 3.63) is 16.4 Å². The Bertz CT molecular complexity index is 506. The van der Waals surface area contributed by atoms with E-state index < -0.39 is 9.84 Å². The first-order valence-electron chi connectivity index (χ1n) is 5.96. The Balaban J connectivity index is 2.00. The predicted octanol–water partition coefficient (Wildman–Crippen LogP) is 1.67. The van der Waals surface area contributed by atoms with Crippen LogP contribution < -0.4 is 0 Å². The second-order valence-corrected chi connectivity index (χ2v) is 7.52. The number of halogens is 1. The van der Waals surface area contributed by atoms with E-state index in [2.05, 4.69) is 21.0 Å². The minimum absolute atomic E-state index is 0.0152. The van der Waals surface area contributed by atoms with Crippen molar-refractivity contribution in [3.8, 4) is 0 Å². The first-order chi connectivity index (χ1) is 8.46. The number of aryl methyl sites for hydroxylation is 1. The van der Waals surface area contributed by atoms with E-state index in [0.717, 1.165) is 19.3 Å². The highest BCUT2D eigenvalue weighted by atomic mass is 79.9. The number of hydrogen-bond donors (Lipinski definition) is 0. The van der Waals surface area contributed by atoms with Gasteiger partial charge in [-0.1, -0.05) is 0 Å². The molecule has 1 atom stereocenters. The van der Waals surface area contributed by atoms with Crippen molar-refractivity contribution in [1.29, 1.82) is 0 Å². The van der Waals surface area contributed by atoms with Crippen molar-refractivity contribution in [2.45, 2.75) is 31.1 Å². The van der Waals surface area contributed by atoms with E-state index in [1.807, 2.05) is 0 Å². The van der Waals surface area contributed by atoms with Gasteiger partial charge in [0.2, 0.25) is 0 Å². The second kappa shape index (κ2) is 5.71. The number of aromatic nitrogens is 2. The minimum atomic E-state index is -3.15. The van der Waals surface area contributed by atoms with Gasteiger partial charge in [0.25, 0.3) is 0 Å². The number of hydrogen-bond acceptors (Lipinski definition) is 4. The summed E-state index contributed by atoms with van der Waals surface area (Å²) >= 11 is 3.27. The van der Waals surface area contributed by atoms with Gasteiger partial charge in [-0.15, -0.1) is 0 Å². The summed E-state index contributed by atoms with van der Waals surface area (Å²) in [7, 11) is -1.38. The van der Waals surface area contributed by atoms with E-state index in [-0.39, 0.29) is 17.6 Å². The van der Waals surface area contributed by atoms with Gasteiger partial charge in [0.15, 0.2) is 9.84 Å². The van der Waals surface area contributed by atoms with Crippen molar-refractivity contribution in [1.82, 2.24) is 9.78 Å². The molecule has 0 spiro atoms. The second-order valence-electron chi connectivity index (χ2n) is 4.66. The zero-order chi connectivity index (χ0) is 13.2. The third-order valence-corrected chi connectivity index (χ3v) is 5.24. The Morgan fingerprint density at radius 1 is 1.56 bits per heavy atom. The van der Waals surface area contributed by atoms with Crippen LogP contribution in [0.4, 0.5) is 0 Å². The summed E-state index contributed by atoms with van der Waals surface area (Å²) in [5, 5.41) is 4.08. The molecule has 1 unspecified atom stereocenters. The van der Waals surface area contributed by atoms with E-state index in [0.29, 0.717) is 16.8 Å². The molecule has 0 bridgehead atoms. The van der Waals surface area contributed by atoms with E-state index in [1.54, 1.807) is 17.9 Å². The van der Waals surface area contributed by atoms with Crippen molar-refractivity contribution in [2.24, 2.45) is 7.05 Å². The van der Waals surface area contributed by atoms with Crippen LogP contribution in [0.1, 0.15) is 24.8 Å². The maximum Gasteiger partial charge on any atom is 0.157 e. The Labute approximate surface area is 116 Å². The van der Waals surface area contributed by atoms with Crippen LogP contribution in [0, 0.1) is 0 Å². The zero-order valence-corrected chi connectivity index (χ0v) is 12.7. The third-order valence-electron chi connectivity index (χ3n) is 2.94. The van der Waals surface area contributed by atoms with Crippen molar-refractivity contribution >= 4 is 25.8 Å². The van der Waals surface area contributed by atoms with Gasteiger partial charge in [-0.05, 0) is 35.2 Å². The third kappa shape index (κ3) is 3.80. The van der Waals surface area contributed by atoms with Crippen LogP contribution in [0.25, 0.3) is 0 Å². The van der Waals surface area contributed by atoms with Crippen LogP contribution in [-0.4, -0.2) is 36.7 Å². The monoisotopic (exact) mass is 336 g/mol. The largest absolute Gasteiger partial charge is 0.377 e. The smallest absolute Gasteiger partial charge is 0.157 e. The lowest BCUT2D eigenvalue weighted by Crippen LogP contribution is -2.28. The molecule has 1 fully saturated rings. The van der Waals surface area contributed by atoms with E-state index in [4.69, 9.17) is 4.74 Å². The molecule has 2 rings (SSSR count). The van der Waals surface area contributed by atoms with Gasteiger partial charge in [-0.25, -0.2) is 8.42 Å². The summed E-state index contributed by atoms with van der Waals surface area (Å²) < 4.78 is 31.9. The summed E-state index contributed by atoms with van der Waals surface area (Å²) in [5.74, 6) is 0.121. The average Bonchev–Trinajstić information content (AvgIpc) is 2.57. The lowest BCUT2D eigenvalue weighted by atomic mass is 10.1. The Morgan fingerprint density at radius 2 is 2.33 bits per heavy atom. The van der Waals surface area contributed by atoms with Gasteiger partial charge in [0.05, 0.1) is 17.6 Å². The standard InChI is InChI=1S/C11H17BrN2O3S/c1-14-6-9(11(12)13-14)7-18(15,16)8-10-4-2-3-5-17-10/h6,10H,2-5,7-8H2,1H3. The summed E-state index contributed by atoms with van der Waals surface area (Å²) in [6.07, 6.45) is 4.51. The number of sulfone groups is 1. The quantitative estimate of drug-likeness (QED) is 0.839. The van der Waals surface area contributed by atoms with Gasteiger partial charge in [-0.2, -0.15) is 5.10 Å². The van der Waals surface area contributed by atoms with Crippen LogP contribution >= 0.6 is 15.9 Å². The average molecular weight is 337 g/mol. The van der Waals surface area contributed by atoms with Gasteiger partial charge in [-0.3, -0.25) is 4.68 Å². The topological polar surface area (TPSA) is 61.2 Å². The van der Waals surface area contributed by atoms with Gasteiger partial charge in [0.1, 0.15) is 4.60 Å². The molecule has 0 aliphatic carbocycles. The van der Waals surface area contributed by atoms with E-state index >= 15 is 0 Å². The summed E-state index contributed by atoms with van der Waals surface area (Å²) in [5.41, 5.74) is 0.702. The Hall–Kier alpha value is -0.400. The number of rotatable bonds is 4. The Kier molecular flexibility index (Phi) is 4.45.